The van der Waals surface area contributed by atoms with Gasteiger partial charge in [-0.1, -0.05) is 85.1 Å². The number of hydrogen-bond donors (Lipinski definition) is 0. The zero-order valence-electron chi connectivity index (χ0n) is 29.4. The van der Waals surface area contributed by atoms with E-state index in [0.717, 1.165) is 50.0 Å². The molecule has 0 bridgehead atoms. The second-order valence-electron chi connectivity index (χ2n) is 11.1. The predicted molar refractivity (Wildman–Crippen MR) is 190 cm³/mol. The van der Waals surface area contributed by atoms with E-state index in [9.17, 15) is 0 Å². The molecular weight excluding hydrogens is 767 g/mol. The molecule has 0 amide bonds. The van der Waals surface area contributed by atoms with Crippen molar-refractivity contribution in [1.82, 2.24) is 15.0 Å². The van der Waals surface area contributed by atoms with Crippen LogP contribution in [-0.4, -0.2) is 15.0 Å². The van der Waals surface area contributed by atoms with E-state index in [-0.39, 0.29) is 20.1 Å². The van der Waals surface area contributed by atoms with Gasteiger partial charge in [-0.05, 0) is 71.2 Å². The van der Waals surface area contributed by atoms with Crippen LogP contribution in [0.15, 0.2) is 150 Å². The van der Waals surface area contributed by atoms with E-state index >= 15 is 0 Å². The average molecular weight is 803 g/mol. The molecule has 4 heterocycles. The van der Waals surface area contributed by atoms with Crippen LogP contribution in [0.3, 0.4) is 0 Å². The third-order valence-electron chi connectivity index (χ3n) is 7.89. The van der Waals surface area contributed by atoms with Gasteiger partial charge in [0, 0.05) is 53.6 Å². The minimum Gasteiger partial charge on any atom is -0.486 e. The van der Waals surface area contributed by atoms with Crippen molar-refractivity contribution < 1.29 is 28.6 Å². The number of nitrogens with zero attached hydrogens (tertiary/aromatic N) is 3. The molecule has 0 N–H and O–H groups in total. The van der Waals surface area contributed by atoms with E-state index in [2.05, 4.69) is 27.1 Å². The summed E-state index contributed by atoms with van der Waals surface area (Å²) in [7, 11) is 0. The maximum absolute atomic E-state index is 8.73. The monoisotopic (exact) mass is 803 g/mol. The van der Waals surface area contributed by atoms with Crippen LogP contribution in [0, 0.1) is 19.1 Å². The summed E-state index contributed by atoms with van der Waals surface area (Å²) in [6.45, 7) is 3.84. The van der Waals surface area contributed by atoms with Crippen molar-refractivity contribution in [2.24, 2.45) is 0 Å². The Balaban J connectivity index is 0.000000181. The largest absolute Gasteiger partial charge is 0.486 e. The fraction of sp³-hybridized carbons (Fsp3) is 0.0930. The molecule has 0 aliphatic carbocycles. The number of benzene rings is 4. The van der Waals surface area contributed by atoms with Crippen LogP contribution in [0.25, 0.3) is 44.6 Å². The predicted octanol–water partition coefficient (Wildman–Crippen LogP) is 10.4. The van der Waals surface area contributed by atoms with Crippen LogP contribution in [0.2, 0.25) is 0 Å². The molecule has 0 spiro atoms. The van der Waals surface area contributed by atoms with Gasteiger partial charge in [0.1, 0.15) is 0 Å². The third kappa shape index (κ3) is 7.50. The van der Waals surface area contributed by atoms with Crippen molar-refractivity contribution in [3.8, 4) is 22.5 Å². The van der Waals surface area contributed by atoms with Gasteiger partial charge >= 0.3 is 0 Å². The first-order valence-electron chi connectivity index (χ1n) is 16.9. The van der Waals surface area contributed by atoms with Crippen molar-refractivity contribution in [2.75, 3.05) is 0 Å². The number of aromatic nitrogens is 3. The molecule has 0 aliphatic heterocycles. The topological polar surface area (TPSA) is 51.8 Å². The average Bonchev–Trinajstić information content (AvgIpc) is 3.53. The van der Waals surface area contributed by atoms with E-state index in [1.807, 2.05) is 117 Å². The summed E-state index contributed by atoms with van der Waals surface area (Å²) in [5.41, 5.74) is 8.53. The summed E-state index contributed by atoms with van der Waals surface area (Å²) in [6.07, 6.45) is 1.79. The first-order chi connectivity index (χ1) is 24.2. The molecule has 0 saturated carbocycles. The summed E-state index contributed by atoms with van der Waals surface area (Å²) in [5, 5.41) is 1.89. The smallest absolute Gasteiger partial charge is 0.216 e. The molecule has 0 aliphatic rings. The first kappa shape index (κ1) is 29.0. The Kier molecular flexibility index (Phi) is 9.12. The summed E-state index contributed by atoms with van der Waals surface area (Å²) in [6, 6.07) is 48.3. The Bertz CT molecular complexity index is 2400. The number of fused-ring (bicyclic) bond motifs is 3. The van der Waals surface area contributed by atoms with Crippen LogP contribution in [0.1, 0.15) is 44.9 Å². The van der Waals surface area contributed by atoms with Crippen molar-refractivity contribution in [2.45, 2.75) is 26.1 Å². The number of hydrogen-bond acceptors (Lipinski definition) is 4. The van der Waals surface area contributed by atoms with E-state index in [1.165, 1.54) is 0 Å². The van der Waals surface area contributed by atoms with E-state index < -0.39 is 12.3 Å². The molecule has 1 atom stereocenters. The van der Waals surface area contributed by atoms with Crippen molar-refractivity contribution in [3.63, 3.8) is 0 Å². The molecule has 8 rings (SSSR count). The quantitative estimate of drug-likeness (QED) is 0.157. The molecule has 0 fully saturated rings. The van der Waals surface area contributed by atoms with Crippen LogP contribution in [0.4, 0.5) is 0 Å². The minimum absolute atomic E-state index is 0. The van der Waals surface area contributed by atoms with Crippen LogP contribution in [0.5, 0.6) is 0 Å². The molecule has 237 valence electrons. The maximum Gasteiger partial charge on any atom is 0.216 e. The fourth-order valence-corrected chi connectivity index (χ4v) is 5.40. The van der Waals surface area contributed by atoms with Gasteiger partial charge in [-0.3, -0.25) is 0 Å². The zero-order valence-corrected chi connectivity index (χ0v) is 28.8. The molecule has 5 heteroatoms. The van der Waals surface area contributed by atoms with Crippen LogP contribution >= 0.6 is 0 Å². The molecule has 4 nitrogen and oxygen atoms in total. The SMILES string of the molecule is [2H]C(C)(c1ccccc1)c1ccnc(-c2[c-]cccc2)c1.[2H]C([2H])(c1ccccc1)c1ccnc(-c2[c-]cc3oc4nc(C)ccc4c3c2)c1.[Ir]. The van der Waals surface area contributed by atoms with E-state index in [4.69, 9.17) is 8.53 Å². The number of pyridine rings is 3. The van der Waals surface area contributed by atoms with Gasteiger partial charge in [0.05, 0.1) is 5.58 Å². The first-order valence-corrected chi connectivity index (χ1v) is 15.4. The molecule has 1 unspecified atom stereocenters. The Morgan fingerprint density at radius 2 is 1.44 bits per heavy atom. The van der Waals surface area contributed by atoms with Gasteiger partial charge < -0.3 is 14.4 Å². The maximum atomic E-state index is 8.73. The van der Waals surface area contributed by atoms with Gasteiger partial charge in [0.15, 0.2) is 0 Å². The van der Waals surface area contributed by atoms with Gasteiger partial charge in [0.2, 0.25) is 5.71 Å². The van der Waals surface area contributed by atoms with E-state index in [1.54, 1.807) is 42.7 Å². The Labute approximate surface area is 299 Å². The summed E-state index contributed by atoms with van der Waals surface area (Å²) >= 11 is 0. The van der Waals surface area contributed by atoms with Crippen molar-refractivity contribution in [1.29, 1.82) is 0 Å². The molecule has 8 aromatic rings. The standard InChI is InChI=1S/C24H17N2O.C19H16N.Ir/c1-16-7-9-20-21-15-19(8-10-23(21)27-24(20)26-16)22-14-18(11-12-25-22)13-17-5-3-2-4-6-17;1-15(16-8-4-2-5-9-16)18-12-13-20-19(14-18)17-10-6-3-7-11-17;/h2-7,9-12,14-15H,13H2,1H3;2-10,12-15H,1H3;/q2*-1;/i13D2;15D;. The number of aryl methyl sites for hydroxylation is 1. The van der Waals surface area contributed by atoms with Crippen molar-refractivity contribution >= 4 is 22.1 Å². The minimum atomic E-state index is -1.62. The van der Waals surface area contributed by atoms with E-state index in [0.29, 0.717) is 22.5 Å². The number of furan rings is 1. The van der Waals surface area contributed by atoms with Crippen molar-refractivity contribution in [3.05, 3.63) is 186 Å². The summed E-state index contributed by atoms with van der Waals surface area (Å²) < 4.78 is 31.8. The van der Waals surface area contributed by atoms with Crippen LogP contribution in [-0.2, 0) is 26.5 Å². The zero-order chi connectivity index (χ0) is 34.7. The van der Waals surface area contributed by atoms with Gasteiger partial charge in [-0.2, -0.15) is 0 Å². The Morgan fingerprint density at radius 3 is 2.21 bits per heavy atom. The molecule has 4 aromatic heterocycles. The summed E-state index contributed by atoms with van der Waals surface area (Å²) in [5.74, 6) is -0.798. The van der Waals surface area contributed by atoms with Gasteiger partial charge in [0.25, 0.3) is 0 Å². The van der Waals surface area contributed by atoms with Crippen LogP contribution < -0.4 is 0 Å². The van der Waals surface area contributed by atoms with Gasteiger partial charge in [-0.25, -0.2) is 4.98 Å². The van der Waals surface area contributed by atoms with Gasteiger partial charge in [-0.15, -0.1) is 59.7 Å². The molecule has 0 saturated heterocycles. The normalized spacial score (nSPS) is 13.2. The third-order valence-corrected chi connectivity index (χ3v) is 7.89. The second-order valence-corrected chi connectivity index (χ2v) is 11.1. The molecule has 48 heavy (non-hydrogen) atoms. The molecular formula is C43H33IrN3O-2. The fourth-order valence-electron chi connectivity index (χ4n) is 5.40. The number of rotatable bonds is 6. The Hall–Kier alpha value is -5.22. The second kappa shape index (κ2) is 15.1. The molecule has 1 radical (unpaired) electrons. The summed E-state index contributed by atoms with van der Waals surface area (Å²) in [4.78, 5) is 13.3. The molecule has 4 aromatic carbocycles. The Morgan fingerprint density at radius 1 is 0.708 bits per heavy atom.